The van der Waals surface area contributed by atoms with E-state index in [0.717, 1.165) is 28.7 Å². The van der Waals surface area contributed by atoms with E-state index in [9.17, 15) is 43.2 Å². The Morgan fingerprint density at radius 1 is 0.510 bits per heavy atom. The first-order valence-corrected chi connectivity index (χ1v) is 31.7. The summed E-state index contributed by atoms with van der Waals surface area (Å²) in [5, 5.41) is 21.2. The Hall–Kier alpha value is -11.1. The molecule has 0 fully saturated rings. The van der Waals surface area contributed by atoms with Crippen molar-refractivity contribution < 1.29 is 99.1 Å². The fourth-order valence-corrected chi connectivity index (χ4v) is 8.57. The highest BCUT2D eigenvalue weighted by Crippen LogP contribution is 2.17. The van der Waals surface area contributed by atoms with E-state index in [1.807, 2.05) is 144 Å². The zero-order valence-electron chi connectivity index (χ0n) is 54.4. The van der Waals surface area contributed by atoms with Gasteiger partial charge in [-0.1, -0.05) is 121 Å². The number of alkyl carbamates (subject to hydrolysis) is 4. The molecule has 0 bridgehead atoms. The second kappa shape index (κ2) is 43.8. The number of aliphatic carboxylic acids is 1. The Kier molecular flexibility index (Phi) is 34.7. The average molecular weight is 1470 g/mol. The molecular weight excluding hydrogens is 1390 g/mol. The van der Waals surface area contributed by atoms with Gasteiger partial charge in [0.25, 0.3) is 9.80 Å². The summed E-state index contributed by atoms with van der Waals surface area (Å²) in [4.78, 5) is 118. The fourth-order valence-electron chi connectivity index (χ4n) is 8.06. The fraction of sp³-hybridized carbons (Fsp3) is 0.328. The Balaban J connectivity index is 0.000000226. The molecule has 30 nitrogen and oxygen atoms in total. The molecular formula is C67H76IN9O21. The summed E-state index contributed by atoms with van der Waals surface area (Å²) in [7, 11) is 0. The highest BCUT2D eigenvalue weighted by molar-refractivity contribution is 14.1. The summed E-state index contributed by atoms with van der Waals surface area (Å²) in [6.45, 7) is 11.6. The monoisotopic (exact) mass is 1470 g/mol. The second-order valence-electron chi connectivity index (χ2n) is 19.9. The molecule has 5 heterocycles. The molecule has 0 atom stereocenters. The van der Waals surface area contributed by atoms with Gasteiger partial charge < -0.3 is 82.5 Å². The lowest BCUT2D eigenvalue weighted by atomic mass is 10.2. The summed E-state index contributed by atoms with van der Waals surface area (Å²) in [6, 6.07) is 37.4. The van der Waals surface area contributed by atoms with Crippen molar-refractivity contribution in [3.63, 3.8) is 0 Å². The van der Waals surface area contributed by atoms with Gasteiger partial charge in [0, 0.05) is 94.8 Å². The molecule has 0 radical (unpaired) electrons. The van der Waals surface area contributed by atoms with Crippen molar-refractivity contribution >= 4 is 76.7 Å². The summed E-state index contributed by atoms with van der Waals surface area (Å²) in [6.07, 6.45) is 0.571. The van der Waals surface area contributed by atoms with E-state index in [-0.39, 0.29) is 102 Å². The van der Waals surface area contributed by atoms with E-state index in [2.05, 4.69) is 46.5 Å². The standard InChI is InChI=1S/C17H20N2O5.C16H17IN2O5.C16H18N2O5.C11H13NO4.C7H8N2O2/c1-3-22-16(20)15-14(24-12(2)19-15)9-10-18-17(21)23-11-13-7-5-4-6-8-13;1-2-22-14(20)13-12(19-15(17)24-13)8-9-18-16(21)23-10-11-6-4-3-5-7-11;1-2-21-15(19)14-13(23-11-18-14)8-9-17-16(20)22-10-12-6-4-3-5-7-12;13-10(14)6-7-12-11(15)16-8-9-4-2-1-3-5-9;1-4-9-6-5(11-4)2-3-8-7(6)10/h4-8H,3,9-11H2,1-2H3,(H,18,21);3-7H,2,8-10H2,1H3,(H,18,21);3-7,11H,2,8-10H2,1H3,(H,17,20);1-5H,6-8H2,(H,12,15)(H,13,14);2-3H2,1H3,(H,8,10). The zero-order chi connectivity index (χ0) is 70.9. The average Bonchev–Trinajstić information content (AvgIpc) is 1.75. The van der Waals surface area contributed by atoms with Crippen LogP contribution in [0.3, 0.4) is 0 Å². The molecule has 0 spiro atoms. The molecule has 4 aromatic heterocycles. The maximum Gasteiger partial charge on any atom is 0.407 e. The molecule has 4 aromatic carbocycles. The molecule has 1 aliphatic rings. The minimum Gasteiger partial charge on any atom is -0.481 e. The minimum absolute atomic E-state index is 0.0701. The highest BCUT2D eigenvalue weighted by atomic mass is 127. The lowest BCUT2D eigenvalue weighted by Crippen LogP contribution is -2.31. The first kappa shape index (κ1) is 77.6. The number of carboxylic acid groups (broad SMARTS) is 1. The third kappa shape index (κ3) is 29.7. The van der Waals surface area contributed by atoms with Crippen molar-refractivity contribution in [2.45, 2.75) is 93.2 Å². The molecule has 9 rings (SSSR count). The number of fused-ring (bicyclic) bond motifs is 1. The molecule has 1 aliphatic heterocycles. The summed E-state index contributed by atoms with van der Waals surface area (Å²) < 4.78 is 56.2. The lowest BCUT2D eigenvalue weighted by Gasteiger charge is -2.07. The molecule has 522 valence electrons. The number of ether oxygens (including phenoxy) is 7. The van der Waals surface area contributed by atoms with Crippen LogP contribution in [0, 0.1) is 17.7 Å². The quantitative estimate of drug-likeness (QED) is 0.0167. The van der Waals surface area contributed by atoms with Crippen LogP contribution in [0.2, 0.25) is 0 Å². The van der Waals surface area contributed by atoms with Crippen LogP contribution in [0.1, 0.15) is 126 Å². The van der Waals surface area contributed by atoms with Crippen molar-refractivity contribution in [2.24, 2.45) is 0 Å². The molecule has 31 heteroatoms. The Labute approximate surface area is 576 Å². The van der Waals surface area contributed by atoms with E-state index in [1.54, 1.807) is 34.6 Å². The van der Waals surface area contributed by atoms with Gasteiger partial charge in [0.15, 0.2) is 35.3 Å². The van der Waals surface area contributed by atoms with Crippen LogP contribution in [0.25, 0.3) is 0 Å². The van der Waals surface area contributed by atoms with E-state index in [1.165, 1.54) is 6.39 Å². The number of oxazole rings is 4. The SMILES string of the molecule is CCOC(=O)c1nc(C)oc1CCNC(=O)OCc1ccccc1.CCOC(=O)c1ncoc1CCNC(=O)OCc1ccccc1.CCOC(=O)c1oc(I)nc1CCNC(=O)OCc1ccccc1.Cc1nc2c(o1)CCNC2=O.O=C(O)CCNC(=O)OCc1ccccc1. The van der Waals surface area contributed by atoms with E-state index < -0.39 is 48.3 Å². The van der Waals surface area contributed by atoms with Crippen LogP contribution in [0.4, 0.5) is 19.2 Å². The maximum absolute atomic E-state index is 11.8. The molecule has 0 unspecified atom stereocenters. The third-order valence-electron chi connectivity index (χ3n) is 12.5. The number of hydrogen-bond donors (Lipinski definition) is 6. The summed E-state index contributed by atoms with van der Waals surface area (Å²) in [5.41, 5.74) is 4.78. The van der Waals surface area contributed by atoms with Crippen LogP contribution in [-0.4, -0.2) is 132 Å². The molecule has 0 aliphatic carbocycles. The van der Waals surface area contributed by atoms with Gasteiger partial charge in [-0.2, -0.15) is 0 Å². The smallest absolute Gasteiger partial charge is 0.407 e. The van der Waals surface area contributed by atoms with Gasteiger partial charge in [-0.3, -0.25) is 9.59 Å². The summed E-state index contributed by atoms with van der Waals surface area (Å²) >= 11 is 1.88. The topological polar surface area (TPSA) is 403 Å². The molecule has 0 saturated heterocycles. The van der Waals surface area contributed by atoms with E-state index in [0.29, 0.717) is 70.2 Å². The van der Waals surface area contributed by atoms with Gasteiger partial charge in [0.2, 0.25) is 5.76 Å². The zero-order valence-corrected chi connectivity index (χ0v) is 56.6. The number of aryl methyl sites for hydroxylation is 2. The van der Waals surface area contributed by atoms with Gasteiger partial charge >= 0.3 is 48.3 Å². The number of carbonyl (C=O) groups excluding carboxylic acids is 8. The number of halogens is 1. The molecule has 98 heavy (non-hydrogen) atoms. The number of nitrogens with one attached hydrogen (secondary N) is 5. The van der Waals surface area contributed by atoms with Gasteiger partial charge in [0.1, 0.15) is 43.7 Å². The largest absolute Gasteiger partial charge is 0.481 e. The van der Waals surface area contributed by atoms with Crippen molar-refractivity contribution in [3.8, 4) is 0 Å². The number of rotatable bonds is 26. The third-order valence-corrected chi connectivity index (χ3v) is 13.0. The van der Waals surface area contributed by atoms with Crippen LogP contribution in [0.5, 0.6) is 0 Å². The van der Waals surface area contributed by atoms with E-state index >= 15 is 0 Å². The molecule has 6 N–H and O–H groups in total. The molecule has 5 amide bonds. The Morgan fingerprint density at radius 2 is 0.929 bits per heavy atom. The minimum atomic E-state index is -0.955. The highest BCUT2D eigenvalue weighted by Gasteiger charge is 2.24. The predicted molar refractivity (Wildman–Crippen MR) is 354 cm³/mol. The Bertz CT molecular complexity index is 3650. The van der Waals surface area contributed by atoms with Crippen molar-refractivity contribution in [3.05, 3.63) is 211 Å². The van der Waals surface area contributed by atoms with Crippen LogP contribution in [-0.2, 0) is 90.1 Å². The molecule has 8 aromatic rings. The number of nitrogens with zero attached hydrogens (tertiary/aromatic N) is 4. The van der Waals surface area contributed by atoms with E-state index in [4.69, 9.17) is 55.9 Å². The lowest BCUT2D eigenvalue weighted by molar-refractivity contribution is -0.136. The van der Waals surface area contributed by atoms with Gasteiger partial charge in [-0.05, 0) is 43.0 Å². The number of amides is 5. The van der Waals surface area contributed by atoms with Gasteiger partial charge in [-0.25, -0.2) is 53.5 Å². The number of hydrogen-bond acceptors (Lipinski definition) is 24. The van der Waals surface area contributed by atoms with Crippen LogP contribution in [0.15, 0.2) is 145 Å². The second-order valence-corrected chi connectivity index (χ2v) is 20.8. The summed E-state index contributed by atoms with van der Waals surface area (Å²) in [5.74, 6) is -0.236. The van der Waals surface area contributed by atoms with Gasteiger partial charge in [0.05, 0.1) is 31.9 Å². The van der Waals surface area contributed by atoms with Crippen molar-refractivity contribution in [2.75, 3.05) is 52.5 Å². The Morgan fingerprint density at radius 3 is 1.38 bits per heavy atom. The van der Waals surface area contributed by atoms with Gasteiger partial charge in [-0.15, -0.1) is 0 Å². The van der Waals surface area contributed by atoms with Crippen LogP contribution >= 0.6 is 22.6 Å². The number of carbonyl (C=O) groups is 9. The first-order valence-electron chi connectivity index (χ1n) is 30.7. The normalized spacial score (nSPS) is 10.7. The molecule has 0 saturated carbocycles. The van der Waals surface area contributed by atoms with Crippen LogP contribution < -0.4 is 26.6 Å². The van der Waals surface area contributed by atoms with Crippen molar-refractivity contribution in [1.82, 2.24) is 46.5 Å². The van der Waals surface area contributed by atoms with Crippen molar-refractivity contribution in [1.29, 1.82) is 0 Å². The predicted octanol–water partition coefficient (Wildman–Crippen LogP) is 9.53. The number of aromatic nitrogens is 4. The first-order chi connectivity index (χ1) is 47.3. The maximum atomic E-state index is 11.8. The number of benzene rings is 4. The number of esters is 3. The number of carboxylic acids is 1.